The van der Waals surface area contributed by atoms with E-state index >= 15 is 0 Å². The molecule has 38 heavy (non-hydrogen) atoms. The molecule has 4 fully saturated rings. The molecule has 0 aliphatic heterocycles. The van der Waals surface area contributed by atoms with Gasteiger partial charge in [-0.1, -0.05) is 32.4 Å². The molecule has 0 radical (unpaired) electrons. The highest BCUT2D eigenvalue weighted by Crippen LogP contribution is 2.68. The van der Waals surface area contributed by atoms with Gasteiger partial charge in [0.05, 0.1) is 29.2 Å². The van der Waals surface area contributed by atoms with Gasteiger partial charge in [-0.15, -0.1) is 0 Å². The van der Waals surface area contributed by atoms with Crippen LogP contribution in [0.1, 0.15) is 78.0 Å². The predicted molar refractivity (Wildman–Crippen MR) is 147 cm³/mol. The quantitative estimate of drug-likeness (QED) is 0.479. The smallest absolute Gasteiger partial charge is 0.346 e. The minimum atomic E-state index is -0.405. The minimum absolute atomic E-state index is 0.0807. The summed E-state index contributed by atoms with van der Waals surface area (Å²) in [6.45, 7) is 6.90. The highest BCUT2D eigenvalue weighted by Gasteiger charge is 2.65. The molecule has 7 heteroatoms. The normalized spacial score (nSPS) is 43.3. The van der Waals surface area contributed by atoms with Crippen LogP contribution in [0.25, 0.3) is 10.9 Å². The van der Waals surface area contributed by atoms with Gasteiger partial charge in [0.1, 0.15) is 0 Å². The lowest BCUT2D eigenvalue weighted by Gasteiger charge is -2.63. The molecule has 6 rings (SSSR count). The Morgan fingerprint density at radius 1 is 1.11 bits per heavy atom. The van der Waals surface area contributed by atoms with Crippen LogP contribution in [0.5, 0.6) is 0 Å². The Balaban J connectivity index is 1.21. The van der Waals surface area contributed by atoms with Crippen LogP contribution in [-0.2, 0) is 6.42 Å². The number of hydrogen-bond donors (Lipinski definition) is 3. The van der Waals surface area contributed by atoms with Crippen LogP contribution in [-0.4, -0.2) is 38.6 Å². The van der Waals surface area contributed by atoms with E-state index in [0.717, 1.165) is 51.4 Å². The van der Waals surface area contributed by atoms with Crippen molar-refractivity contribution in [3.63, 3.8) is 0 Å². The minimum Gasteiger partial charge on any atom is -0.408 e. The summed E-state index contributed by atoms with van der Waals surface area (Å²) in [5.74, 6) is 2.21. The zero-order chi connectivity index (χ0) is 27.0. The lowest BCUT2D eigenvalue weighted by molar-refractivity contribution is -0.207. The molecule has 2 aromatic rings. The van der Waals surface area contributed by atoms with E-state index < -0.39 is 6.10 Å². The summed E-state index contributed by atoms with van der Waals surface area (Å²) in [5, 5.41) is 34.6. The van der Waals surface area contributed by atoms with E-state index in [1.807, 2.05) is 0 Å². The molecule has 1 unspecified atom stereocenters. The largest absolute Gasteiger partial charge is 0.408 e. The molecule has 1 aromatic heterocycles. The van der Waals surface area contributed by atoms with Gasteiger partial charge in [-0.2, -0.15) is 0 Å². The summed E-state index contributed by atoms with van der Waals surface area (Å²) in [6.07, 6.45) is 6.52. The maximum atomic E-state index is 12.5. The Labute approximate surface area is 229 Å². The average Bonchev–Trinajstić information content (AvgIpc) is 3.22. The Kier molecular flexibility index (Phi) is 6.73. The summed E-state index contributed by atoms with van der Waals surface area (Å²) < 4.78 is 5.54. The molecule has 0 bridgehead atoms. The van der Waals surface area contributed by atoms with Gasteiger partial charge in [0, 0.05) is 11.4 Å². The van der Waals surface area contributed by atoms with Crippen LogP contribution in [0, 0.1) is 46.3 Å². The zero-order valence-electron chi connectivity index (χ0n) is 22.8. The topological polar surface area (TPSA) is 104 Å². The lowest BCUT2D eigenvalue weighted by Crippen LogP contribution is -2.62. The molecule has 4 saturated carbocycles. The summed E-state index contributed by atoms with van der Waals surface area (Å²) >= 11 is 6.12. The van der Waals surface area contributed by atoms with Crippen molar-refractivity contribution in [1.29, 1.82) is 0 Å². The molecule has 0 amide bonds. The first kappa shape index (κ1) is 26.7. The monoisotopic (exact) mass is 543 g/mol. The Morgan fingerprint density at radius 2 is 1.89 bits per heavy atom. The van der Waals surface area contributed by atoms with Gasteiger partial charge in [-0.25, -0.2) is 9.78 Å². The number of benzene rings is 1. The number of rotatable bonds is 4. The number of hydrogen-bond acceptors (Lipinski definition) is 6. The Morgan fingerprint density at radius 3 is 2.68 bits per heavy atom. The molecule has 0 spiro atoms. The second-order valence-electron chi connectivity index (χ2n) is 13.6. The molecule has 11 atom stereocenters. The molecule has 3 N–H and O–H groups in total. The summed E-state index contributed by atoms with van der Waals surface area (Å²) in [5.41, 5.74) is 0.0113. The van der Waals surface area contributed by atoms with Crippen molar-refractivity contribution >= 4 is 22.5 Å². The Hall–Kier alpha value is -1.47. The first-order chi connectivity index (χ1) is 18.0. The number of halogens is 1. The van der Waals surface area contributed by atoms with Crippen LogP contribution in [0.3, 0.4) is 0 Å². The molecular formula is C31H42ClNO5. The average molecular weight is 544 g/mol. The maximum Gasteiger partial charge on any atom is 0.346 e. The number of nitrogens with zero attached hydrogens (tertiary/aromatic N) is 1. The van der Waals surface area contributed by atoms with Crippen molar-refractivity contribution in [2.75, 3.05) is 0 Å². The fraction of sp³-hybridized carbons (Fsp3) is 0.742. The molecule has 1 aromatic carbocycles. The molecule has 4 aliphatic rings. The van der Waals surface area contributed by atoms with Gasteiger partial charge in [-0.05, 0) is 116 Å². The van der Waals surface area contributed by atoms with Gasteiger partial charge in [0.2, 0.25) is 0 Å². The molecule has 6 nitrogen and oxygen atoms in total. The van der Waals surface area contributed by atoms with Crippen LogP contribution in [0.4, 0.5) is 0 Å². The van der Waals surface area contributed by atoms with Crippen LogP contribution in [0.15, 0.2) is 27.4 Å². The summed E-state index contributed by atoms with van der Waals surface area (Å²) in [7, 11) is 0. The highest BCUT2D eigenvalue weighted by molar-refractivity contribution is 6.31. The molecule has 0 saturated heterocycles. The fourth-order valence-electron chi connectivity index (χ4n) is 9.88. The molecule has 1 heterocycles. The van der Waals surface area contributed by atoms with Crippen LogP contribution < -0.4 is 5.63 Å². The van der Waals surface area contributed by atoms with Crippen molar-refractivity contribution in [3.8, 4) is 0 Å². The van der Waals surface area contributed by atoms with Crippen molar-refractivity contribution in [2.45, 2.75) is 96.9 Å². The van der Waals surface area contributed by atoms with Gasteiger partial charge in [0.25, 0.3) is 0 Å². The van der Waals surface area contributed by atoms with Crippen LogP contribution in [0.2, 0.25) is 5.02 Å². The third kappa shape index (κ3) is 4.08. The van der Waals surface area contributed by atoms with E-state index in [-0.39, 0.29) is 34.6 Å². The SMILES string of the molecule is C[C@H](CCc1nc2cc(Cl)ccc2c(=O)o1)[C@H]1CC[C@H]2[C@H]3C(C[C@H](O)[C@]12C)[C@@]1(C)CC[C@@H](O)C[C@H]1C[C@H]3O. The van der Waals surface area contributed by atoms with E-state index in [0.29, 0.717) is 57.8 Å². The van der Waals surface area contributed by atoms with E-state index in [1.165, 1.54) is 0 Å². The zero-order valence-corrected chi connectivity index (χ0v) is 23.5. The maximum absolute atomic E-state index is 12.5. The van der Waals surface area contributed by atoms with E-state index in [4.69, 9.17) is 16.0 Å². The Bertz CT molecular complexity index is 1260. The van der Waals surface area contributed by atoms with Gasteiger partial charge in [-0.3, -0.25) is 0 Å². The summed E-state index contributed by atoms with van der Waals surface area (Å²) in [4.78, 5) is 17.1. The van der Waals surface area contributed by atoms with E-state index in [9.17, 15) is 20.1 Å². The number of aliphatic hydroxyl groups excluding tert-OH is 3. The predicted octanol–water partition coefficient (Wildman–Crippen LogP) is 5.37. The first-order valence-electron chi connectivity index (χ1n) is 14.7. The lowest BCUT2D eigenvalue weighted by atomic mass is 9.43. The molecular weight excluding hydrogens is 502 g/mol. The molecule has 4 aliphatic carbocycles. The van der Waals surface area contributed by atoms with Gasteiger partial charge < -0.3 is 19.7 Å². The van der Waals surface area contributed by atoms with E-state index in [1.54, 1.807) is 18.2 Å². The van der Waals surface area contributed by atoms with Crippen molar-refractivity contribution in [2.24, 2.45) is 46.3 Å². The summed E-state index contributed by atoms with van der Waals surface area (Å²) in [6, 6.07) is 5.02. The van der Waals surface area contributed by atoms with Gasteiger partial charge >= 0.3 is 5.63 Å². The number of aromatic nitrogens is 1. The molecule has 208 valence electrons. The van der Waals surface area contributed by atoms with Gasteiger partial charge in [0.15, 0.2) is 5.89 Å². The van der Waals surface area contributed by atoms with Crippen LogP contribution >= 0.6 is 11.6 Å². The fourth-order valence-corrected chi connectivity index (χ4v) is 10.0. The second kappa shape index (κ2) is 9.57. The standard InChI is InChI=1S/C31H42ClNO5/c1-16(4-9-27-33-24-14-18(32)5-6-20(24)29(37)38-27)21-7-8-22-28-23(15-26(36)31(21,22)3)30(2)11-10-19(34)12-17(30)13-25(28)35/h5-6,14,16-17,19,21-23,25-26,28,34-36H,4,7-13,15H2,1-3H3/t16-,17+,19-,21-,22+,23?,25-,26+,28+,30+,31-/m1/s1. The van der Waals surface area contributed by atoms with Crippen molar-refractivity contribution < 1.29 is 19.7 Å². The van der Waals surface area contributed by atoms with E-state index in [2.05, 4.69) is 25.8 Å². The third-order valence-corrected chi connectivity index (χ3v) is 12.2. The highest BCUT2D eigenvalue weighted by atomic mass is 35.5. The first-order valence-corrected chi connectivity index (χ1v) is 15.0. The van der Waals surface area contributed by atoms with Crippen molar-refractivity contribution in [3.05, 3.63) is 39.5 Å². The second-order valence-corrected chi connectivity index (χ2v) is 14.0. The number of aliphatic hydroxyl groups is 3. The number of fused-ring (bicyclic) bond motifs is 6. The third-order valence-electron chi connectivity index (χ3n) is 12.0. The van der Waals surface area contributed by atoms with Crippen molar-refractivity contribution in [1.82, 2.24) is 4.98 Å². The number of aryl methyl sites for hydroxylation is 1.